The van der Waals surface area contributed by atoms with Crippen LogP contribution in [0, 0.1) is 5.92 Å². The van der Waals surface area contributed by atoms with E-state index >= 15 is 0 Å². The molecule has 2 N–H and O–H groups in total. The number of amides is 1. The number of nitrogens with two attached hydrogens (primary N) is 1. The molecule has 1 aliphatic carbocycles. The third kappa shape index (κ3) is 4.58. The van der Waals surface area contributed by atoms with Crippen LogP contribution in [0.5, 0.6) is 0 Å². The predicted octanol–water partition coefficient (Wildman–Crippen LogP) is 2.05. The molecule has 0 radical (unpaired) electrons. The molecule has 122 valence electrons. The van der Waals surface area contributed by atoms with Gasteiger partial charge in [0.05, 0.1) is 0 Å². The molecule has 1 saturated heterocycles. The number of rotatable bonds is 1. The van der Waals surface area contributed by atoms with Gasteiger partial charge in [0, 0.05) is 31.7 Å². The second-order valence-electron chi connectivity index (χ2n) is 7.65. The zero-order chi connectivity index (χ0) is 15.6. The van der Waals surface area contributed by atoms with E-state index in [2.05, 4.69) is 11.9 Å². The summed E-state index contributed by atoms with van der Waals surface area (Å²) in [6.45, 7) is 8.22. The van der Waals surface area contributed by atoms with E-state index in [1.807, 2.05) is 25.7 Å². The normalized spacial score (nSPS) is 32.0. The predicted molar refractivity (Wildman–Crippen MR) is 84.2 cm³/mol. The van der Waals surface area contributed by atoms with Gasteiger partial charge in [-0.05, 0) is 59.4 Å². The van der Waals surface area contributed by atoms with Crippen LogP contribution in [0.1, 0.15) is 46.5 Å². The van der Waals surface area contributed by atoms with E-state index in [1.165, 1.54) is 12.8 Å². The number of ether oxygens (including phenoxy) is 1. The standard InChI is InChI=1S/C16H31N3O2/c1-16(2,3)21-15(20)19-10-9-18(4)14(11-19)12-5-7-13(17)8-6-12/h12-14H,5-11,17H2,1-4H3. The van der Waals surface area contributed by atoms with Gasteiger partial charge in [0.25, 0.3) is 0 Å². The highest BCUT2D eigenvalue weighted by molar-refractivity contribution is 5.68. The van der Waals surface area contributed by atoms with E-state index < -0.39 is 5.60 Å². The summed E-state index contributed by atoms with van der Waals surface area (Å²) in [4.78, 5) is 16.6. The Morgan fingerprint density at radius 1 is 1.14 bits per heavy atom. The van der Waals surface area contributed by atoms with Gasteiger partial charge in [-0.2, -0.15) is 0 Å². The van der Waals surface area contributed by atoms with Gasteiger partial charge in [-0.3, -0.25) is 4.90 Å². The fraction of sp³-hybridized carbons (Fsp3) is 0.938. The molecule has 5 nitrogen and oxygen atoms in total. The zero-order valence-electron chi connectivity index (χ0n) is 14.0. The first kappa shape index (κ1) is 16.6. The Bertz CT molecular complexity index is 359. The SMILES string of the molecule is CN1CCN(C(=O)OC(C)(C)C)CC1C1CCC(N)CC1. The highest BCUT2D eigenvalue weighted by Crippen LogP contribution is 2.30. The van der Waals surface area contributed by atoms with E-state index in [-0.39, 0.29) is 6.09 Å². The van der Waals surface area contributed by atoms with E-state index in [1.54, 1.807) is 0 Å². The van der Waals surface area contributed by atoms with Crippen LogP contribution in [-0.4, -0.2) is 60.3 Å². The Morgan fingerprint density at radius 2 is 1.76 bits per heavy atom. The molecule has 1 amide bonds. The monoisotopic (exact) mass is 297 g/mol. The molecule has 0 bridgehead atoms. The molecule has 1 aliphatic heterocycles. The summed E-state index contributed by atoms with van der Waals surface area (Å²) in [5.74, 6) is 0.653. The molecule has 2 rings (SSSR count). The molecule has 0 aromatic heterocycles. The number of carbonyl (C=O) groups is 1. The van der Waals surface area contributed by atoms with Crippen LogP contribution in [0.2, 0.25) is 0 Å². The van der Waals surface area contributed by atoms with Gasteiger partial charge in [0.1, 0.15) is 5.60 Å². The maximum atomic E-state index is 12.3. The van der Waals surface area contributed by atoms with Crippen LogP contribution in [0.3, 0.4) is 0 Å². The molecule has 0 aromatic carbocycles. The Kier molecular flexibility index (Phi) is 5.15. The molecule has 1 atom stereocenters. The first-order valence-electron chi connectivity index (χ1n) is 8.20. The first-order valence-corrected chi connectivity index (χ1v) is 8.20. The van der Waals surface area contributed by atoms with Gasteiger partial charge in [-0.1, -0.05) is 0 Å². The van der Waals surface area contributed by atoms with E-state index in [0.717, 1.165) is 32.5 Å². The molecule has 1 saturated carbocycles. The Labute approximate surface area is 128 Å². The van der Waals surface area contributed by atoms with Crippen molar-refractivity contribution in [3.8, 4) is 0 Å². The number of nitrogens with zero attached hydrogens (tertiary/aromatic N) is 2. The molecule has 0 aromatic rings. The first-order chi connectivity index (χ1) is 9.76. The third-order valence-electron chi connectivity index (χ3n) is 4.71. The van der Waals surface area contributed by atoms with Crippen molar-refractivity contribution in [3.05, 3.63) is 0 Å². The summed E-state index contributed by atoms with van der Waals surface area (Å²) in [7, 11) is 2.17. The Hall–Kier alpha value is -0.810. The van der Waals surface area contributed by atoms with Crippen LogP contribution >= 0.6 is 0 Å². The average Bonchev–Trinajstić information content (AvgIpc) is 2.38. The minimum atomic E-state index is -0.423. The molecule has 1 heterocycles. The number of likely N-dealkylation sites (N-methyl/N-ethyl adjacent to an activating group) is 1. The van der Waals surface area contributed by atoms with Crippen molar-refractivity contribution >= 4 is 6.09 Å². The molecule has 21 heavy (non-hydrogen) atoms. The van der Waals surface area contributed by atoms with Crippen molar-refractivity contribution in [1.82, 2.24) is 9.80 Å². The van der Waals surface area contributed by atoms with E-state index in [0.29, 0.717) is 18.0 Å². The van der Waals surface area contributed by atoms with Gasteiger partial charge in [-0.15, -0.1) is 0 Å². The topological polar surface area (TPSA) is 58.8 Å². The maximum absolute atomic E-state index is 12.3. The highest BCUT2D eigenvalue weighted by Gasteiger charge is 2.35. The van der Waals surface area contributed by atoms with Gasteiger partial charge in [0.15, 0.2) is 0 Å². The average molecular weight is 297 g/mol. The van der Waals surface area contributed by atoms with Crippen molar-refractivity contribution in [1.29, 1.82) is 0 Å². The lowest BCUT2D eigenvalue weighted by molar-refractivity contribution is -0.00283. The van der Waals surface area contributed by atoms with Crippen molar-refractivity contribution < 1.29 is 9.53 Å². The molecular formula is C16H31N3O2. The second kappa shape index (κ2) is 6.53. The Balaban J connectivity index is 1.94. The van der Waals surface area contributed by atoms with E-state index in [9.17, 15) is 4.79 Å². The summed E-state index contributed by atoms with van der Waals surface area (Å²) in [6.07, 6.45) is 4.41. The minimum absolute atomic E-state index is 0.173. The lowest BCUT2D eigenvalue weighted by Gasteiger charge is -2.44. The van der Waals surface area contributed by atoms with Crippen molar-refractivity contribution in [3.63, 3.8) is 0 Å². The molecule has 0 spiro atoms. The second-order valence-corrected chi connectivity index (χ2v) is 7.65. The third-order valence-corrected chi connectivity index (χ3v) is 4.71. The van der Waals surface area contributed by atoms with Crippen LogP contribution in [0.4, 0.5) is 4.79 Å². The van der Waals surface area contributed by atoms with Gasteiger partial charge >= 0.3 is 6.09 Å². The zero-order valence-corrected chi connectivity index (χ0v) is 14.0. The van der Waals surface area contributed by atoms with Crippen molar-refractivity contribution in [2.24, 2.45) is 11.7 Å². The highest BCUT2D eigenvalue weighted by atomic mass is 16.6. The molecule has 5 heteroatoms. The summed E-state index contributed by atoms with van der Waals surface area (Å²) in [5.41, 5.74) is 5.58. The van der Waals surface area contributed by atoms with Crippen molar-refractivity contribution in [2.75, 3.05) is 26.7 Å². The van der Waals surface area contributed by atoms with Crippen molar-refractivity contribution in [2.45, 2.75) is 64.1 Å². The molecular weight excluding hydrogens is 266 g/mol. The lowest BCUT2D eigenvalue weighted by Crippen LogP contribution is -2.57. The van der Waals surface area contributed by atoms with Gasteiger partial charge in [0.2, 0.25) is 0 Å². The number of piperazine rings is 1. The minimum Gasteiger partial charge on any atom is -0.444 e. The summed E-state index contributed by atoms with van der Waals surface area (Å²) in [5, 5.41) is 0. The summed E-state index contributed by atoms with van der Waals surface area (Å²) in [6, 6.07) is 0.816. The van der Waals surface area contributed by atoms with Crippen LogP contribution in [0.25, 0.3) is 0 Å². The largest absolute Gasteiger partial charge is 0.444 e. The smallest absolute Gasteiger partial charge is 0.410 e. The number of carbonyl (C=O) groups excluding carboxylic acids is 1. The fourth-order valence-electron chi connectivity index (χ4n) is 3.43. The summed E-state index contributed by atoms with van der Waals surface area (Å²) >= 11 is 0. The quantitative estimate of drug-likeness (QED) is 0.805. The fourth-order valence-corrected chi connectivity index (χ4v) is 3.43. The maximum Gasteiger partial charge on any atom is 0.410 e. The van der Waals surface area contributed by atoms with Crippen LogP contribution < -0.4 is 5.73 Å². The van der Waals surface area contributed by atoms with Crippen LogP contribution in [0.15, 0.2) is 0 Å². The molecule has 2 aliphatic rings. The Morgan fingerprint density at radius 3 is 2.33 bits per heavy atom. The molecule has 2 fully saturated rings. The van der Waals surface area contributed by atoms with E-state index in [4.69, 9.17) is 10.5 Å². The number of hydrogen-bond acceptors (Lipinski definition) is 4. The van der Waals surface area contributed by atoms with Crippen LogP contribution in [-0.2, 0) is 4.74 Å². The number of hydrogen-bond donors (Lipinski definition) is 1. The molecule has 1 unspecified atom stereocenters. The van der Waals surface area contributed by atoms with Gasteiger partial charge < -0.3 is 15.4 Å². The summed E-state index contributed by atoms with van der Waals surface area (Å²) < 4.78 is 5.51. The van der Waals surface area contributed by atoms with Gasteiger partial charge in [-0.25, -0.2) is 4.79 Å². The lowest BCUT2D eigenvalue weighted by atomic mass is 9.80.